The van der Waals surface area contributed by atoms with Crippen LogP contribution in [0.5, 0.6) is 11.5 Å². The van der Waals surface area contributed by atoms with Gasteiger partial charge in [-0.25, -0.2) is 0 Å². The molecule has 0 heterocycles. The lowest BCUT2D eigenvalue weighted by Gasteiger charge is -2.15. The summed E-state index contributed by atoms with van der Waals surface area (Å²) in [6.07, 6.45) is -4.78. The molecule has 162 valence electrons. The molecular formula is C20H23F3N4O3. The van der Waals surface area contributed by atoms with Crippen molar-refractivity contribution in [1.29, 1.82) is 0 Å². The zero-order valence-electron chi connectivity index (χ0n) is 16.5. The maximum absolute atomic E-state index is 12.5. The number of alkyl halides is 3. The molecule has 2 aromatic carbocycles. The van der Waals surface area contributed by atoms with E-state index in [1.807, 2.05) is 12.1 Å². The molecule has 2 aromatic rings. The topological polar surface area (TPSA) is 84.0 Å². The molecule has 7 nitrogen and oxygen atoms in total. The molecule has 0 fully saturated rings. The molecule has 3 N–H and O–H groups in total. The van der Waals surface area contributed by atoms with Gasteiger partial charge in [-0.3, -0.25) is 9.79 Å². The van der Waals surface area contributed by atoms with Crippen molar-refractivity contribution < 1.29 is 27.4 Å². The molecule has 0 aliphatic rings. The van der Waals surface area contributed by atoms with Crippen LogP contribution >= 0.6 is 0 Å². The van der Waals surface area contributed by atoms with Gasteiger partial charge < -0.3 is 25.4 Å². The lowest BCUT2D eigenvalue weighted by molar-refractivity contribution is -0.274. The smallest absolute Gasteiger partial charge is 0.497 e. The number of halogens is 3. The standard InChI is InChI=1S/C20H23F3N4O3/c1-24-19(26-12-15-5-3-4-6-17(15)30-20(21,22)23)27-13-18(28)25-11-14-7-9-16(29-2)10-8-14/h3-10H,11-13H2,1-2H3,(H,25,28)(H2,24,26,27). The monoisotopic (exact) mass is 424 g/mol. The number of amides is 1. The average molecular weight is 424 g/mol. The van der Waals surface area contributed by atoms with Gasteiger partial charge in [-0.05, 0) is 23.8 Å². The molecular weight excluding hydrogens is 401 g/mol. The molecule has 0 aliphatic carbocycles. The molecule has 0 atom stereocenters. The van der Waals surface area contributed by atoms with Crippen LogP contribution in [0.1, 0.15) is 11.1 Å². The third-order valence-electron chi connectivity index (χ3n) is 3.93. The summed E-state index contributed by atoms with van der Waals surface area (Å²) in [7, 11) is 3.06. The van der Waals surface area contributed by atoms with Crippen molar-refractivity contribution >= 4 is 11.9 Å². The summed E-state index contributed by atoms with van der Waals surface area (Å²) in [5.41, 5.74) is 1.20. The van der Waals surface area contributed by atoms with Crippen molar-refractivity contribution in [2.75, 3.05) is 20.7 Å². The van der Waals surface area contributed by atoms with Crippen molar-refractivity contribution in [2.24, 2.45) is 4.99 Å². The maximum Gasteiger partial charge on any atom is 0.573 e. The third-order valence-corrected chi connectivity index (χ3v) is 3.93. The van der Waals surface area contributed by atoms with Gasteiger partial charge in [0.2, 0.25) is 5.91 Å². The highest BCUT2D eigenvalue weighted by atomic mass is 19.4. The number of hydrogen-bond donors (Lipinski definition) is 3. The minimum absolute atomic E-state index is 0.0272. The van der Waals surface area contributed by atoms with E-state index in [-0.39, 0.29) is 30.7 Å². The summed E-state index contributed by atoms with van der Waals surface area (Å²) in [5, 5.41) is 8.41. The quantitative estimate of drug-likeness (QED) is 0.448. The molecule has 0 saturated carbocycles. The number of methoxy groups -OCH3 is 1. The van der Waals surface area contributed by atoms with Gasteiger partial charge in [0, 0.05) is 25.7 Å². The minimum Gasteiger partial charge on any atom is -0.497 e. The number of nitrogens with zero attached hydrogens (tertiary/aromatic N) is 1. The summed E-state index contributed by atoms with van der Waals surface area (Å²) >= 11 is 0. The van der Waals surface area contributed by atoms with Crippen molar-refractivity contribution in [3.8, 4) is 11.5 Å². The van der Waals surface area contributed by atoms with Crippen LogP contribution in [0.3, 0.4) is 0 Å². The Hall–Kier alpha value is -3.43. The number of ether oxygens (including phenoxy) is 2. The molecule has 0 aromatic heterocycles. The number of aliphatic imine (C=N–C) groups is 1. The van der Waals surface area contributed by atoms with Crippen LogP contribution in [0.25, 0.3) is 0 Å². The predicted molar refractivity (Wildman–Crippen MR) is 106 cm³/mol. The van der Waals surface area contributed by atoms with Crippen LogP contribution in [0, 0.1) is 0 Å². The highest BCUT2D eigenvalue weighted by Crippen LogP contribution is 2.26. The van der Waals surface area contributed by atoms with Crippen molar-refractivity contribution in [1.82, 2.24) is 16.0 Å². The first kappa shape index (κ1) is 22.9. The van der Waals surface area contributed by atoms with Crippen molar-refractivity contribution in [3.63, 3.8) is 0 Å². The van der Waals surface area contributed by atoms with E-state index in [0.29, 0.717) is 12.1 Å². The van der Waals surface area contributed by atoms with E-state index in [9.17, 15) is 18.0 Å². The molecule has 0 bridgehead atoms. The first-order valence-electron chi connectivity index (χ1n) is 8.98. The Kier molecular flexibility index (Phi) is 8.33. The van der Waals surface area contributed by atoms with E-state index in [1.165, 1.54) is 25.2 Å². The number of guanidine groups is 1. The number of hydrogen-bond acceptors (Lipinski definition) is 4. The largest absolute Gasteiger partial charge is 0.573 e. The fourth-order valence-corrected chi connectivity index (χ4v) is 2.44. The van der Waals surface area contributed by atoms with Gasteiger partial charge in [0.1, 0.15) is 11.5 Å². The molecule has 1 amide bonds. The summed E-state index contributed by atoms with van der Waals surface area (Å²) in [6, 6.07) is 13.1. The van der Waals surface area contributed by atoms with Crippen LogP contribution in [-0.4, -0.2) is 38.9 Å². The van der Waals surface area contributed by atoms with Crippen LogP contribution in [-0.2, 0) is 17.9 Å². The normalized spacial score (nSPS) is 11.6. The number of nitrogens with one attached hydrogen (secondary N) is 3. The number of benzene rings is 2. The number of carbonyl (C=O) groups excluding carboxylic acids is 1. The number of para-hydroxylation sites is 1. The van der Waals surface area contributed by atoms with E-state index in [0.717, 1.165) is 11.3 Å². The second-order valence-electron chi connectivity index (χ2n) is 6.06. The summed E-state index contributed by atoms with van der Waals surface area (Å²) in [5.74, 6) is 0.417. The molecule has 0 unspecified atom stereocenters. The second-order valence-corrected chi connectivity index (χ2v) is 6.06. The average Bonchev–Trinajstić information content (AvgIpc) is 2.72. The molecule has 0 aliphatic heterocycles. The number of carbonyl (C=O) groups is 1. The molecule has 0 spiro atoms. The Balaban J connectivity index is 1.80. The van der Waals surface area contributed by atoms with Gasteiger partial charge in [-0.1, -0.05) is 30.3 Å². The van der Waals surface area contributed by atoms with Crippen LogP contribution < -0.4 is 25.4 Å². The van der Waals surface area contributed by atoms with Gasteiger partial charge >= 0.3 is 6.36 Å². The van der Waals surface area contributed by atoms with Gasteiger partial charge in [0.05, 0.1) is 13.7 Å². The lowest BCUT2D eigenvalue weighted by atomic mass is 10.2. The molecule has 2 rings (SSSR count). The highest BCUT2D eigenvalue weighted by molar-refractivity contribution is 5.86. The molecule has 30 heavy (non-hydrogen) atoms. The van der Waals surface area contributed by atoms with Crippen molar-refractivity contribution in [3.05, 3.63) is 59.7 Å². The fraction of sp³-hybridized carbons (Fsp3) is 0.300. The third kappa shape index (κ3) is 7.90. The number of rotatable bonds is 8. The predicted octanol–water partition coefficient (Wildman–Crippen LogP) is 2.58. The van der Waals surface area contributed by atoms with Gasteiger partial charge in [0.15, 0.2) is 5.96 Å². The first-order chi connectivity index (χ1) is 14.3. The van der Waals surface area contributed by atoms with E-state index < -0.39 is 6.36 Å². The Morgan fingerprint density at radius 2 is 1.70 bits per heavy atom. The van der Waals surface area contributed by atoms with Gasteiger partial charge in [-0.15, -0.1) is 13.2 Å². The van der Waals surface area contributed by atoms with E-state index >= 15 is 0 Å². The molecule has 0 radical (unpaired) electrons. The Morgan fingerprint density at radius 1 is 1.00 bits per heavy atom. The van der Waals surface area contributed by atoms with E-state index in [2.05, 4.69) is 25.7 Å². The summed E-state index contributed by atoms with van der Waals surface area (Å²) in [6.45, 7) is 0.314. The zero-order valence-corrected chi connectivity index (χ0v) is 16.5. The van der Waals surface area contributed by atoms with Crippen molar-refractivity contribution in [2.45, 2.75) is 19.5 Å². The molecule has 0 saturated heterocycles. The van der Waals surface area contributed by atoms with Crippen LogP contribution in [0.4, 0.5) is 13.2 Å². The van der Waals surface area contributed by atoms with E-state index in [4.69, 9.17) is 4.74 Å². The zero-order chi connectivity index (χ0) is 22.0. The Morgan fingerprint density at radius 3 is 2.33 bits per heavy atom. The lowest BCUT2D eigenvalue weighted by Crippen LogP contribution is -2.42. The minimum atomic E-state index is -4.78. The van der Waals surface area contributed by atoms with E-state index in [1.54, 1.807) is 25.3 Å². The van der Waals surface area contributed by atoms with Crippen LogP contribution in [0.2, 0.25) is 0 Å². The molecule has 10 heteroatoms. The Bertz CT molecular complexity index is 855. The van der Waals surface area contributed by atoms with Gasteiger partial charge in [0.25, 0.3) is 0 Å². The Labute approximate surface area is 172 Å². The maximum atomic E-state index is 12.5. The van der Waals surface area contributed by atoms with Crippen LogP contribution in [0.15, 0.2) is 53.5 Å². The highest BCUT2D eigenvalue weighted by Gasteiger charge is 2.31. The SMILES string of the molecule is CN=C(NCC(=O)NCc1ccc(OC)cc1)NCc1ccccc1OC(F)(F)F. The summed E-state index contributed by atoms with van der Waals surface area (Å²) < 4.78 is 46.6. The van der Waals surface area contributed by atoms with Gasteiger partial charge in [-0.2, -0.15) is 0 Å². The fourth-order valence-electron chi connectivity index (χ4n) is 2.44. The first-order valence-corrected chi connectivity index (χ1v) is 8.98. The summed E-state index contributed by atoms with van der Waals surface area (Å²) in [4.78, 5) is 16.0. The second kappa shape index (κ2) is 10.9.